The fourth-order valence-electron chi connectivity index (χ4n) is 1.78. The molecule has 1 N–H and O–H groups in total. The average Bonchev–Trinajstić information content (AvgIpc) is 3.15. The fraction of sp³-hybridized carbons (Fsp3) is 0.308. The van der Waals surface area contributed by atoms with Gasteiger partial charge in [-0.25, -0.2) is 13.1 Å². The van der Waals surface area contributed by atoms with Crippen LogP contribution in [0.2, 0.25) is 0 Å². The lowest BCUT2D eigenvalue weighted by atomic mass is 10.3. The third kappa shape index (κ3) is 3.52. The van der Waals surface area contributed by atoms with Gasteiger partial charge in [-0.2, -0.15) is 0 Å². The van der Waals surface area contributed by atoms with Crippen LogP contribution in [0.4, 0.5) is 0 Å². The van der Waals surface area contributed by atoms with E-state index in [1.165, 1.54) is 18.5 Å². The highest BCUT2D eigenvalue weighted by Crippen LogP contribution is 2.21. The van der Waals surface area contributed by atoms with Gasteiger partial charge in [-0.1, -0.05) is 0 Å². The molecule has 1 amide bonds. The molecular formula is C13H16N2O4S2. The number of sulfonamides is 1. The minimum Gasteiger partial charge on any atom is -0.472 e. The predicted molar refractivity (Wildman–Crippen MR) is 79.7 cm³/mol. The van der Waals surface area contributed by atoms with E-state index in [9.17, 15) is 13.2 Å². The molecule has 0 saturated carbocycles. The number of nitrogens with one attached hydrogen (secondary N) is 1. The summed E-state index contributed by atoms with van der Waals surface area (Å²) in [6, 6.07) is 3.19. The summed E-state index contributed by atoms with van der Waals surface area (Å²) in [6.07, 6.45) is 3.14. The summed E-state index contributed by atoms with van der Waals surface area (Å²) in [5.74, 6) is -0.193. The molecule has 0 saturated heterocycles. The van der Waals surface area contributed by atoms with Crippen LogP contribution in [0, 0.1) is 0 Å². The van der Waals surface area contributed by atoms with Crippen LogP contribution in [0.15, 0.2) is 39.4 Å². The van der Waals surface area contributed by atoms with Crippen LogP contribution in [0.3, 0.4) is 0 Å². The molecule has 0 radical (unpaired) electrons. The standard InChI is InChI=1S/C13H16N2O4S2/c1-3-15(7-10-4-5-19-8-10)13(16)12-6-11(9-20-12)21(17,18)14-2/h4-6,8-9,14H,3,7H2,1-2H3. The minimum absolute atomic E-state index is 0.109. The van der Waals surface area contributed by atoms with Crippen molar-refractivity contribution < 1.29 is 17.6 Å². The fourth-order valence-corrected chi connectivity index (χ4v) is 3.75. The topological polar surface area (TPSA) is 79.6 Å². The maximum atomic E-state index is 12.4. The number of carbonyl (C=O) groups excluding carboxylic acids is 1. The Hall–Kier alpha value is -1.64. The number of nitrogens with zero attached hydrogens (tertiary/aromatic N) is 1. The van der Waals surface area contributed by atoms with Crippen LogP contribution in [-0.4, -0.2) is 32.8 Å². The molecule has 0 aromatic carbocycles. The normalized spacial score (nSPS) is 11.5. The van der Waals surface area contributed by atoms with Gasteiger partial charge < -0.3 is 9.32 Å². The molecule has 0 fully saturated rings. The van der Waals surface area contributed by atoms with Crippen LogP contribution < -0.4 is 4.72 Å². The van der Waals surface area contributed by atoms with E-state index in [1.807, 2.05) is 6.92 Å². The molecule has 0 aliphatic rings. The van der Waals surface area contributed by atoms with E-state index in [2.05, 4.69) is 4.72 Å². The van der Waals surface area contributed by atoms with E-state index in [1.54, 1.807) is 23.5 Å². The first-order chi connectivity index (χ1) is 9.97. The van der Waals surface area contributed by atoms with Crippen LogP contribution in [0.25, 0.3) is 0 Å². The molecule has 0 atom stereocenters. The number of thiophene rings is 1. The van der Waals surface area contributed by atoms with Crippen molar-refractivity contribution in [2.45, 2.75) is 18.4 Å². The molecule has 0 aliphatic heterocycles. The number of hydrogen-bond acceptors (Lipinski definition) is 5. The van der Waals surface area contributed by atoms with Gasteiger partial charge in [0, 0.05) is 24.0 Å². The second-order valence-corrected chi connectivity index (χ2v) is 7.10. The molecule has 0 aliphatic carbocycles. The zero-order valence-electron chi connectivity index (χ0n) is 11.7. The number of rotatable bonds is 6. The summed E-state index contributed by atoms with van der Waals surface area (Å²) in [6.45, 7) is 2.82. The van der Waals surface area contributed by atoms with Crippen molar-refractivity contribution in [3.8, 4) is 0 Å². The first-order valence-corrected chi connectivity index (χ1v) is 8.66. The van der Waals surface area contributed by atoms with Gasteiger partial charge in [-0.3, -0.25) is 4.79 Å². The third-order valence-corrected chi connectivity index (χ3v) is 5.45. The lowest BCUT2D eigenvalue weighted by Gasteiger charge is -2.19. The molecule has 2 rings (SSSR count). The molecule has 8 heteroatoms. The summed E-state index contributed by atoms with van der Waals surface area (Å²) in [5, 5.41) is 1.46. The quantitative estimate of drug-likeness (QED) is 0.878. The van der Waals surface area contributed by atoms with Crippen LogP contribution in [-0.2, 0) is 16.6 Å². The Morgan fingerprint density at radius 3 is 2.81 bits per heavy atom. The summed E-state index contributed by atoms with van der Waals surface area (Å²) in [4.78, 5) is 14.6. The maximum Gasteiger partial charge on any atom is 0.264 e. The van der Waals surface area contributed by atoms with Gasteiger partial charge in [-0.15, -0.1) is 11.3 Å². The molecule has 2 heterocycles. The number of carbonyl (C=O) groups is 1. The number of furan rings is 1. The van der Waals surface area contributed by atoms with E-state index in [0.717, 1.165) is 16.9 Å². The molecule has 0 spiro atoms. The van der Waals surface area contributed by atoms with Gasteiger partial charge >= 0.3 is 0 Å². The van der Waals surface area contributed by atoms with E-state index in [0.29, 0.717) is 18.0 Å². The van der Waals surface area contributed by atoms with E-state index < -0.39 is 10.0 Å². The SMILES string of the molecule is CCN(Cc1ccoc1)C(=O)c1cc(S(=O)(=O)NC)cs1. The molecule has 6 nitrogen and oxygen atoms in total. The summed E-state index contributed by atoms with van der Waals surface area (Å²) < 4.78 is 30.6. The van der Waals surface area contributed by atoms with Crippen molar-refractivity contribution in [3.05, 3.63) is 40.5 Å². The van der Waals surface area contributed by atoms with Crippen molar-refractivity contribution in [2.24, 2.45) is 0 Å². The summed E-state index contributed by atoms with van der Waals surface area (Å²) >= 11 is 1.12. The van der Waals surface area contributed by atoms with Crippen molar-refractivity contribution in [3.63, 3.8) is 0 Å². The average molecular weight is 328 g/mol. The van der Waals surface area contributed by atoms with Crippen LogP contribution in [0.1, 0.15) is 22.2 Å². The first-order valence-electron chi connectivity index (χ1n) is 6.30. The Bertz CT molecular complexity index is 704. The third-order valence-electron chi connectivity index (χ3n) is 2.99. The molecule has 2 aromatic rings. The molecular weight excluding hydrogens is 312 g/mol. The van der Waals surface area contributed by atoms with E-state index in [4.69, 9.17) is 4.42 Å². The highest BCUT2D eigenvalue weighted by molar-refractivity contribution is 7.89. The second kappa shape index (κ2) is 6.42. The maximum absolute atomic E-state index is 12.4. The van der Waals surface area contributed by atoms with Crippen molar-refractivity contribution in [2.75, 3.05) is 13.6 Å². The Kier molecular flexibility index (Phi) is 4.81. The van der Waals surface area contributed by atoms with Crippen molar-refractivity contribution >= 4 is 27.3 Å². The first kappa shape index (κ1) is 15.7. The predicted octanol–water partition coefficient (Wildman–Crippen LogP) is 1.91. The van der Waals surface area contributed by atoms with Crippen LogP contribution >= 0.6 is 11.3 Å². The second-order valence-electron chi connectivity index (χ2n) is 4.31. The van der Waals surface area contributed by atoms with Crippen molar-refractivity contribution in [1.29, 1.82) is 0 Å². The molecule has 114 valence electrons. The van der Waals surface area contributed by atoms with E-state index in [-0.39, 0.29) is 10.8 Å². The highest BCUT2D eigenvalue weighted by Gasteiger charge is 2.20. The highest BCUT2D eigenvalue weighted by atomic mass is 32.2. The smallest absolute Gasteiger partial charge is 0.264 e. The molecule has 21 heavy (non-hydrogen) atoms. The lowest BCUT2D eigenvalue weighted by Crippen LogP contribution is -2.29. The van der Waals surface area contributed by atoms with Gasteiger partial charge in [-0.05, 0) is 26.1 Å². The van der Waals surface area contributed by atoms with Crippen LogP contribution in [0.5, 0.6) is 0 Å². The van der Waals surface area contributed by atoms with E-state index >= 15 is 0 Å². The molecule has 2 aromatic heterocycles. The van der Waals surface area contributed by atoms with Gasteiger partial charge in [0.25, 0.3) is 5.91 Å². The summed E-state index contributed by atoms with van der Waals surface area (Å²) in [5.41, 5.74) is 0.893. The minimum atomic E-state index is -3.52. The Morgan fingerprint density at radius 2 is 2.24 bits per heavy atom. The molecule has 0 unspecified atom stereocenters. The zero-order valence-corrected chi connectivity index (χ0v) is 13.3. The Balaban J connectivity index is 2.18. The number of amides is 1. The lowest BCUT2D eigenvalue weighted by molar-refractivity contribution is 0.0757. The summed E-state index contributed by atoms with van der Waals surface area (Å²) in [7, 11) is -2.18. The molecule has 0 bridgehead atoms. The largest absolute Gasteiger partial charge is 0.472 e. The van der Waals surface area contributed by atoms with Gasteiger partial charge in [0.05, 0.1) is 22.3 Å². The van der Waals surface area contributed by atoms with Gasteiger partial charge in [0.2, 0.25) is 10.0 Å². The monoisotopic (exact) mass is 328 g/mol. The van der Waals surface area contributed by atoms with Gasteiger partial charge in [0.1, 0.15) is 0 Å². The zero-order chi connectivity index (χ0) is 15.5. The van der Waals surface area contributed by atoms with Gasteiger partial charge in [0.15, 0.2) is 0 Å². The Morgan fingerprint density at radius 1 is 1.48 bits per heavy atom. The number of hydrogen-bond donors (Lipinski definition) is 1. The Labute approximate surface area is 127 Å². The van der Waals surface area contributed by atoms with Crippen molar-refractivity contribution in [1.82, 2.24) is 9.62 Å².